The fourth-order valence-electron chi connectivity index (χ4n) is 1.57. The van der Waals surface area contributed by atoms with E-state index in [0.29, 0.717) is 12.1 Å². The Labute approximate surface area is 112 Å². The number of hydrogen-bond donors (Lipinski definition) is 2. The van der Waals surface area contributed by atoms with Crippen molar-refractivity contribution >= 4 is 0 Å². The number of aliphatic hydroxyl groups is 1. The Morgan fingerprint density at radius 3 is 2.26 bits per heavy atom. The minimum Gasteiger partial charge on any atom is -0.435 e. The van der Waals surface area contributed by atoms with Crippen LogP contribution in [0.15, 0.2) is 24.3 Å². The monoisotopic (exact) mass is 273 g/mol. The van der Waals surface area contributed by atoms with E-state index in [2.05, 4.69) is 30.8 Å². The molecule has 1 aromatic carbocycles. The Morgan fingerprint density at radius 1 is 1.21 bits per heavy atom. The van der Waals surface area contributed by atoms with Gasteiger partial charge in [-0.25, -0.2) is 0 Å². The number of benzene rings is 1. The Hall–Kier alpha value is -1.20. The first-order chi connectivity index (χ1) is 8.78. The highest BCUT2D eigenvalue weighted by Gasteiger charge is 2.12. The lowest BCUT2D eigenvalue weighted by Crippen LogP contribution is -2.30. The summed E-state index contributed by atoms with van der Waals surface area (Å²) in [4.78, 5) is 0. The van der Waals surface area contributed by atoms with E-state index in [4.69, 9.17) is 0 Å². The molecular formula is C14H21F2NO2. The molecule has 2 N–H and O–H groups in total. The molecule has 5 heteroatoms. The van der Waals surface area contributed by atoms with Gasteiger partial charge in [0.25, 0.3) is 0 Å². The van der Waals surface area contributed by atoms with Gasteiger partial charge in [-0.15, -0.1) is 0 Å². The first kappa shape index (κ1) is 15.9. The molecule has 19 heavy (non-hydrogen) atoms. The number of ether oxygens (including phenoxy) is 1. The number of hydrogen-bond acceptors (Lipinski definition) is 3. The molecule has 1 unspecified atom stereocenters. The highest BCUT2D eigenvalue weighted by Crippen LogP contribution is 2.19. The number of aliphatic hydroxyl groups excluding tert-OH is 1. The van der Waals surface area contributed by atoms with E-state index in [0.717, 1.165) is 6.54 Å². The van der Waals surface area contributed by atoms with Crippen molar-refractivity contribution in [1.82, 2.24) is 5.32 Å². The van der Waals surface area contributed by atoms with Crippen molar-refractivity contribution in [2.24, 2.45) is 5.41 Å². The van der Waals surface area contributed by atoms with E-state index in [1.54, 1.807) is 12.1 Å². The van der Waals surface area contributed by atoms with Gasteiger partial charge in [0.15, 0.2) is 0 Å². The summed E-state index contributed by atoms with van der Waals surface area (Å²) in [5, 5.41) is 13.1. The van der Waals surface area contributed by atoms with Crippen LogP contribution in [-0.4, -0.2) is 24.8 Å². The zero-order valence-electron chi connectivity index (χ0n) is 11.5. The van der Waals surface area contributed by atoms with Crippen molar-refractivity contribution in [3.63, 3.8) is 0 Å². The van der Waals surface area contributed by atoms with Gasteiger partial charge in [-0.05, 0) is 23.1 Å². The average Bonchev–Trinajstić information content (AvgIpc) is 2.27. The molecule has 0 aliphatic rings. The Morgan fingerprint density at radius 2 is 1.79 bits per heavy atom. The molecule has 0 radical (unpaired) electrons. The van der Waals surface area contributed by atoms with E-state index >= 15 is 0 Å². The maximum atomic E-state index is 12.0. The van der Waals surface area contributed by atoms with Gasteiger partial charge in [-0.2, -0.15) is 8.78 Å². The third-order valence-electron chi connectivity index (χ3n) is 2.48. The summed E-state index contributed by atoms with van der Waals surface area (Å²) in [5.41, 5.74) is 0.817. The van der Waals surface area contributed by atoms with Gasteiger partial charge in [-0.3, -0.25) is 0 Å². The van der Waals surface area contributed by atoms with Crippen molar-refractivity contribution in [2.45, 2.75) is 33.5 Å². The van der Waals surface area contributed by atoms with Crippen molar-refractivity contribution in [3.8, 4) is 5.75 Å². The summed E-state index contributed by atoms with van der Waals surface area (Å²) < 4.78 is 28.2. The molecule has 0 saturated carbocycles. The lowest BCUT2D eigenvalue weighted by molar-refractivity contribution is -0.0498. The van der Waals surface area contributed by atoms with Crippen LogP contribution in [0.4, 0.5) is 8.78 Å². The molecule has 0 heterocycles. The summed E-state index contributed by atoms with van der Waals surface area (Å²) in [7, 11) is 0. The number of nitrogens with one attached hydrogen (secondary N) is 1. The molecule has 108 valence electrons. The standard InChI is InChI=1S/C14H21F2NO2/c1-14(2,3)9-17-8-12(18)10-4-6-11(7-5-10)19-13(15)16/h4-7,12-13,17-18H,8-9H2,1-3H3. The lowest BCUT2D eigenvalue weighted by Gasteiger charge is -2.20. The molecule has 0 saturated heterocycles. The third-order valence-corrected chi connectivity index (χ3v) is 2.48. The smallest absolute Gasteiger partial charge is 0.387 e. The first-order valence-electron chi connectivity index (χ1n) is 6.21. The maximum Gasteiger partial charge on any atom is 0.387 e. The minimum atomic E-state index is -2.83. The first-order valence-corrected chi connectivity index (χ1v) is 6.21. The average molecular weight is 273 g/mol. The SMILES string of the molecule is CC(C)(C)CNCC(O)c1ccc(OC(F)F)cc1. The Bertz CT molecular complexity index is 374. The highest BCUT2D eigenvalue weighted by atomic mass is 19.3. The summed E-state index contributed by atoms with van der Waals surface area (Å²) in [6.45, 7) is 4.68. The zero-order valence-corrected chi connectivity index (χ0v) is 11.5. The predicted octanol–water partition coefficient (Wildman–Crippen LogP) is 2.96. The van der Waals surface area contributed by atoms with Gasteiger partial charge in [-0.1, -0.05) is 32.9 Å². The fraction of sp³-hybridized carbons (Fsp3) is 0.571. The van der Waals surface area contributed by atoms with Crippen LogP contribution in [0.2, 0.25) is 0 Å². The van der Waals surface area contributed by atoms with Gasteiger partial charge >= 0.3 is 6.61 Å². The molecule has 0 spiro atoms. The maximum absolute atomic E-state index is 12.0. The second-order valence-corrected chi connectivity index (χ2v) is 5.65. The largest absolute Gasteiger partial charge is 0.435 e. The normalized spacial score (nSPS) is 13.6. The van der Waals surface area contributed by atoms with E-state index in [-0.39, 0.29) is 11.2 Å². The summed E-state index contributed by atoms with van der Waals surface area (Å²) in [5.74, 6) is 0.0913. The zero-order chi connectivity index (χ0) is 14.5. The van der Waals surface area contributed by atoms with Crippen molar-refractivity contribution < 1.29 is 18.6 Å². The third kappa shape index (κ3) is 6.50. The van der Waals surface area contributed by atoms with Crippen molar-refractivity contribution in [1.29, 1.82) is 0 Å². The quantitative estimate of drug-likeness (QED) is 0.837. The van der Waals surface area contributed by atoms with Crippen molar-refractivity contribution in [3.05, 3.63) is 29.8 Å². The van der Waals surface area contributed by atoms with Crippen LogP contribution in [-0.2, 0) is 0 Å². The Kier molecular flexibility index (Phi) is 5.69. The van der Waals surface area contributed by atoms with E-state index < -0.39 is 12.7 Å². The van der Waals surface area contributed by atoms with Gasteiger partial charge in [0, 0.05) is 13.1 Å². The molecule has 1 rings (SSSR count). The number of rotatable bonds is 6. The number of alkyl halides is 2. The van der Waals surface area contributed by atoms with E-state index in [1.165, 1.54) is 12.1 Å². The molecule has 0 amide bonds. The second-order valence-electron chi connectivity index (χ2n) is 5.65. The van der Waals surface area contributed by atoms with Crippen LogP contribution in [0, 0.1) is 5.41 Å². The molecule has 0 fully saturated rings. The molecule has 3 nitrogen and oxygen atoms in total. The van der Waals surface area contributed by atoms with Crippen LogP contribution in [0.3, 0.4) is 0 Å². The summed E-state index contributed by atoms with van der Waals surface area (Å²) in [6.07, 6.45) is -0.664. The van der Waals surface area contributed by atoms with Crippen LogP contribution >= 0.6 is 0 Å². The van der Waals surface area contributed by atoms with Crippen LogP contribution in [0.5, 0.6) is 5.75 Å². The van der Waals surface area contributed by atoms with Gasteiger partial charge < -0.3 is 15.2 Å². The highest BCUT2D eigenvalue weighted by molar-refractivity contribution is 5.28. The van der Waals surface area contributed by atoms with E-state index in [1.807, 2.05) is 0 Å². The molecular weight excluding hydrogens is 252 g/mol. The summed E-state index contributed by atoms with van der Waals surface area (Å²) >= 11 is 0. The minimum absolute atomic E-state index is 0.0913. The Balaban J connectivity index is 2.46. The molecule has 1 aromatic rings. The lowest BCUT2D eigenvalue weighted by atomic mass is 9.97. The summed E-state index contributed by atoms with van der Waals surface area (Å²) in [6, 6.07) is 6.02. The van der Waals surface area contributed by atoms with Crippen LogP contribution in [0.25, 0.3) is 0 Å². The fourth-order valence-corrected chi connectivity index (χ4v) is 1.57. The number of halogens is 2. The molecule has 1 atom stereocenters. The molecule has 0 bridgehead atoms. The van der Waals surface area contributed by atoms with Crippen LogP contribution in [0.1, 0.15) is 32.4 Å². The second kappa shape index (κ2) is 6.82. The predicted molar refractivity (Wildman–Crippen MR) is 70.4 cm³/mol. The molecule has 0 aliphatic heterocycles. The van der Waals surface area contributed by atoms with E-state index in [9.17, 15) is 13.9 Å². The van der Waals surface area contributed by atoms with Gasteiger partial charge in [0.2, 0.25) is 0 Å². The topological polar surface area (TPSA) is 41.5 Å². The van der Waals surface area contributed by atoms with Crippen LogP contribution < -0.4 is 10.1 Å². The molecule has 0 aromatic heterocycles. The van der Waals surface area contributed by atoms with Gasteiger partial charge in [0.05, 0.1) is 6.10 Å². The molecule has 0 aliphatic carbocycles. The van der Waals surface area contributed by atoms with Crippen molar-refractivity contribution in [2.75, 3.05) is 13.1 Å². The van der Waals surface area contributed by atoms with Gasteiger partial charge in [0.1, 0.15) is 5.75 Å².